The first kappa shape index (κ1) is 13.0. The second-order valence-electron chi connectivity index (χ2n) is 3.34. The molecule has 0 aromatic carbocycles. The van der Waals surface area contributed by atoms with Crippen molar-refractivity contribution in [2.45, 2.75) is 13.5 Å². The lowest BCUT2D eigenvalue weighted by molar-refractivity contribution is 0.0661. The van der Waals surface area contributed by atoms with Gasteiger partial charge in [0.05, 0.1) is 0 Å². The highest BCUT2D eigenvalue weighted by molar-refractivity contribution is 5.84. The number of carboxylic acid groups (broad SMARTS) is 1. The van der Waals surface area contributed by atoms with E-state index in [2.05, 4.69) is 10.1 Å². The molecule has 1 heterocycles. The molecule has 0 radical (unpaired) electrons. The number of carbonyl (C=O) groups is 2. The maximum Gasteiger partial charge on any atom is 0.404 e. The van der Waals surface area contributed by atoms with Crippen molar-refractivity contribution in [1.82, 2.24) is 5.32 Å². The quantitative estimate of drug-likeness (QED) is 0.624. The topological polar surface area (TPSA) is 115 Å². The molecule has 4 N–H and O–H groups in total. The van der Waals surface area contributed by atoms with Crippen LogP contribution in [-0.2, 0) is 11.3 Å². The van der Waals surface area contributed by atoms with Gasteiger partial charge in [-0.25, -0.2) is 9.59 Å². The number of carbonyl (C=O) groups excluding carboxylic acids is 1. The number of nitrogens with one attached hydrogen (secondary N) is 1. The first-order valence-corrected chi connectivity index (χ1v) is 4.96. The average Bonchev–Trinajstić information content (AvgIpc) is 2.59. The minimum atomic E-state index is -1.10. The zero-order chi connectivity index (χ0) is 12.8. The molecule has 0 unspecified atom stereocenters. The molecule has 1 rings (SSSR count). The number of carboxylic acids is 1. The number of aryl methyl sites for hydroxylation is 1. The van der Waals surface area contributed by atoms with Gasteiger partial charge in [-0.1, -0.05) is 0 Å². The number of hydrogen-bond acceptors (Lipinski definition) is 5. The van der Waals surface area contributed by atoms with Crippen molar-refractivity contribution in [3.8, 4) is 0 Å². The summed E-state index contributed by atoms with van der Waals surface area (Å²) in [5.41, 5.74) is 5.53. The Morgan fingerprint density at radius 2 is 2.29 bits per heavy atom. The standard InChI is InChI=1S/C10H14N2O5/c1-6-7(4-8(17-6)9(13)14)5-12-2-3-16-10(11)15/h4,12H,2-3,5H2,1H3,(H2,11,15)(H,13,14). The summed E-state index contributed by atoms with van der Waals surface area (Å²) in [7, 11) is 0. The summed E-state index contributed by atoms with van der Waals surface area (Å²) in [5, 5.41) is 11.7. The lowest BCUT2D eigenvalue weighted by Crippen LogP contribution is -2.23. The van der Waals surface area contributed by atoms with Crippen molar-refractivity contribution in [2.24, 2.45) is 5.73 Å². The summed E-state index contributed by atoms with van der Waals surface area (Å²) < 4.78 is 9.54. The number of furan rings is 1. The molecule has 0 aliphatic heterocycles. The smallest absolute Gasteiger partial charge is 0.404 e. The van der Waals surface area contributed by atoms with Crippen molar-refractivity contribution >= 4 is 12.1 Å². The lowest BCUT2D eigenvalue weighted by Gasteiger charge is -2.03. The van der Waals surface area contributed by atoms with Crippen LogP contribution in [0.2, 0.25) is 0 Å². The van der Waals surface area contributed by atoms with E-state index in [9.17, 15) is 9.59 Å². The monoisotopic (exact) mass is 242 g/mol. The summed E-state index contributed by atoms with van der Waals surface area (Å²) in [4.78, 5) is 20.9. The SMILES string of the molecule is Cc1oc(C(=O)O)cc1CNCCOC(N)=O. The molecule has 0 atom stereocenters. The summed E-state index contributed by atoms with van der Waals surface area (Å²) in [6, 6.07) is 1.46. The molecule has 17 heavy (non-hydrogen) atoms. The zero-order valence-corrected chi connectivity index (χ0v) is 9.36. The molecular formula is C10H14N2O5. The fourth-order valence-electron chi connectivity index (χ4n) is 1.25. The Morgan fingerprint density at radius 3 is 2.82 bits per heavy atom. The van der Waals surface area contributed by atoms with Crippen LogP contribution in [0.3, 0.4) is 0 Å². The van der Waals surface area contributed by atoms with Crippen LogP contribution >= 0.6 is 0 Å². The second kappa shape index (κ2) is 5.90. The van der Waals surface area contributed by atoms with Gasteiger partial charge < -0.3 is 25.3 Å². The van der Waals surface area contributed by atoms with Gasteiger partial charge in [-0.2, -0.15) is 0 Å². The Bertz CT molecular complexity index is 413. The van der Waals surface area contributed by atoms with Gasteiger partial charge in [-0.3, -0.25) is 0 Å². The Balaban J connectivity index is 2.36. The van der Waals surface area contributed by atoms with E-state index in [0.717, 1.165) is 5.56 Å². The molecule has 0 saturated carbocycles. The Labute approximate surface area is 97.5 Å². The molecule has 94 valence electrons. The average molecular weight is 242 g/mol. The van der Waals surface area contributed by atoms with Gasteiger partial charge in [0.1, 0.15) is 12.4 Å². The third kappa shape index (κ3) is 4.15. The number of rotatable bonds is 6. The summed E-state index contributed by atoms with van der Waals surface area (Å²) in [6.45, 7) is 2.71. The number of aromatic carboxylic acids is 1. The molecule has 7 heteroatoms. The van der Waals surface area contributed by atoms with Gasteiger partial charge in [-0.15, -0.1) is 0 Å². The summed E-state index contributed by atoms with van der Waals surface area (Å²) >= 11 is 0. The minimum Gasteiger partial charge on any atom is -0.475 e. The molecule has 0 saturated heterocycles. The van der Waals surface area contributed by atoms with Crippen LogP contribution in [-0.4, -0.2) is 30.3 Å². The van der Waals surface area contributed by atoms with Crippen LogP contribution in [0.15, 0.2) is 10.5 Å². The molecule has 1 amide bonds. The highest BCUT2D eigenvalue weighted by Crippen LogP contribution is 2.14. The Hall–Kier alpha value is -2.02. The van der Waals surface area contributed by atoms with E-state index in [0.29, 0.717) is 18.8 Å². The molecule has 0 aliphatic rings. The fraction of sp³-hybridized carbons (Fsp3) is 0.400. The minimum absolute atomic E-state index is 0.0901. The van der Waals surface area contributed by atoms with Crippen LogP contribution in [0.1, 0.15) is 21.9 Å². The predicted molar refractivity (Wildman–Crippen MR) is 57.6 cm³/mol. The van der Waals surface area contributed by atoms with E-state index in [1.165, 1.54) is 6.07 Å². The van der Waals surface area contributed by atoms with Crippen LogP contribution in [0, 0.1) is 6.92 Å². The van der Waals surface area contributed by atoms with Crippen molar-refractivity contribution in [3.05, 3.63) is 23.2 Å². The van der Waals surface area contributed by atoms with E-state index in [1.807, 2.05) is 0 Å². The van der Waals surface area contributed by atoms with Crippen LogP contribution < -0.4 is 11.1 Å². The first-order chi connectivity index (χ1) is 8.00. The zero-order valence-electron chi connectivity index (χ0n) is 9.36. The van der Waals surface area contributed by atoms with Crippen LogP contribution in [0.25, 0.3) is 0 Å². The van der Waals surface area contributed by atoms with E-state index < -0.39 is 12.1 Å². The first-order valence-electron chi connectivity index (χ1n) is 4.96. The summed E-state index contributed by atoms with van der Waals surface area (Å²) in [6.07, 6.45) is -0.820. The van der Waals surface area contributed by atoms with E-state index in [1.54, 1.807) is 6.92 Å². The van der Waals surface area contributed by atoms with E-state index >= 15 is 0 Å². The number of amides is 1. The van der Waals surface area contributed by atoms with Crippen LogP contribution in [0.5, 0.6) is 0 Å². The molecule has 0 spiro atoms. The molecule has 1 aromatic heterocycles. The molecule has 1 aromatic rings. The largest absolute Gasteiger partial charge is 0.475 e. The predicted octanol–water partition coefficient (Wildman–Crippen LogP) is 0.471. The van der Waals surface area contributed by atoms with E-state index in [4.69, 9.17) is 15.3 Å². The van der Waals surface area contributed by atoms with Gasteiger partial charge in [-0.05, 0) is 13.0 Å². The number of hydrogen-bond donors (Lipinski definition) is 3. The van der Waals surface area contributed by atoms with Gasteiger partial charge in [0.2, 0.25) is 5.76 Å². The summed E-state index contributed by atoms with van der Waals surface area (Å²) in [5.74, 6) is -0.644. The Kier molecular flexibility index (Phi) is 4.53. The maximum absolute atomic E-state index is 10.6. The molecule has 7 nitrogen and oxygen atoms in total. The van der Waals surface area contributed by atoms with Crippen molar-refractivity contribution in [1.29, 1.82) is 0 Å². The maximum atomic E-state index is 10.6. The van der Waals surface area contributed by atoms with Gasteiger partial charge in [0.25, 0.3) is 0 Å². The van der Waals surface area contributed by atoms with Crippen molar-refractivity contribution in [3.63, 3.8) is 0 Å². The molecule has 0 fully saturated rings. The molecule has 0 aliphatic carbocycles. The molecule has 0 bridgehead atoms. The number of nitrogens with two attached hydrogens (primary N) is 1. The van der Waals surface area contributed by atoms with Crippen molar-refractivity contribution < 1.29 is 23.8 Å². The third-order valence-corrected chi connectivity index (χ3v) is 2.07. The highest BCUT2D eigenvalue weighted by Gasteiger charge is 2.12. The van der Waals surface area contributed by atoms with Gasteiger partial charge in [0.15, 0.2) is 0 Å². The third-order valence-electron chi connectivity index (χ3n) is 2.07. The van der Waals surface area contributed by atoms with Gasteiger partial charge >= 0.3 is 12.1 Å². The van der Waals surface area contributed by atoms with Crippen molar-refractivity contribution in [2.75, 3.05) is 13.2 Å². The Morgan fingerprint density at radius 1 is 1.59 bits per heavy atom. The van der Waals surface area contributed by atoms with E-state index in [-0.39, 0.29) is 12.4 Å². The van der Waals surface area contributed by atoms with Crippen LogP contribution in [0.4, 0.5) is 4.79 Å². The van der Waals surface area contributed by atoms with Gasteiger partial charge in [0, 0.05) is 18.7 Å². The lowest BCUT2D eigenvalue weighted by atomic mass is 10.2. The number of ether oxygens (including phenoxy) is 1. The number of primary amides is 1. The second-order valence-corrected chi connectivity index (χ2v) is 3.34. The molecular weight excluding hydrogens is 228 g/mol. The fourth-order valence-corrected chi connectivity index (χ4v) is 1.25. The highest BCUT2D eigenvalue weighted by atomic mass is 16.5. The normalized spacial score (nSPS) is 10.2.